The number of terminal acetylenes is 1. The normalized spacial score (nSPS) is 20.9. The Morgan fingerprint density at radius 3 is 2.78 bits per heavy atom. The minimum absolute atomic E-state index is 0.234. The molecule has 0 heterocycles. The van der Waals surface area contributed by atoms with E-state index >= 15 is 0 Å². The third kappa shape index (κ3) is 2.53. The summed E-state index contributed by atoms with van der Waals surface area (Å²) in [5, 5.41) is 9.12. The molecular formula is C8H12O. The summed E-state index contributed by atoms with van der Waals surface area (Å²) < 4.78 is 0. The van der Waals surface area contributed by atoms with Crippen molar-refractivity contribution in [2.75, 3.05) is 0 Å². The van der Waals surface area contributed by atoms with Gasteiger partial charge in [0.1, 0.15) is 0 Å². The molecule has 1 atom stereocenters. The lowest BCUT2D eigenvalue weighted by Crippen LogP contribution is -2.05. The lowest BCUT2D eigenvalue weighted by molar-refractivity contribution is 0.163. The second-order valence-electron chi connectivity index (χ2n) is 2.74. The van der Waals surface area contributed by atoms with Crippen molar-refractivity contribution in [1.29, 1.82) is 0 Å². The van der Waals surface area contributed by atoms with Crippen LogP contribution >= 0.6 is 0 Å². The van der Waals surface area contributed by atoms with Gasteiger partial charge in [0.25, 0.3) is 0 Å². The maximum Gasteiger partial charge on any atom is 0.0651 e. The van der Waals surface area contributed by atoms with Crippen LogP contribution in [-0.2, 0) is 0 Å². The summed E-state index contributed by atoms with van der Waals surface area (Å²) in [5.41, 5.74) is 0. The van der Waals surface area contributed by atoms with Gasteiger partial charge in [-0.2, -0.15) is 0 Å². The Morgan fingerprint density at radius 2 is 2.33 bits per heavy atom. The highest BCUT2D eigenvalue weighted by Gasteiger charge is 2.23. The van der Waals surface area contributed by atoms with E-state index in [4.69, 9.17) is 11.5 Å². The predicted molar refractivity (Wildman–Crippen MR) is 36.8 cm³/mol. The molecule has 0 aliphatic heterocycles. The molecule has 1 heteroatoms. The van der Waals surface area contributed by atoms with Crippen LogP contribution in [-0.4, -0.2) is 11.2 Å². The molecule has 1 fully saturated rings. The van der Waals surface area contributed by atoms with Gasteiger partial charge in [0.2, 0.25) is 0 Å². The first-order valence-corrected chi connectivity index (χ1v) is 3.44. The Bertz CT molecular complexity index is 119. The summed E-state index contributed by atoms with van der Waals surface area (Å²) in [4.78, 5) is 0. The maximum atomic E-state index is 9.12. The molecule has 0 bridgehead atoms. The number of hydrogen-bond donors (Lipinski definition) is 1. The minimum atomic E-state index is -0.234. The van der Waals surface area contributed by atoms with Crippen molar-refractivity contribution in [2.24, 2.45) is 5.92 Å². The molecule has 0 saturated heterocycles. The van der Waals surface area contributed by atoms with Crippen LogP contribution in [0, 0.1) is 18.3 Å². The Kier molecular flexibility index (Phi) is 2.13. The van der Waals surface area contributed by atoms with E-state index in [0.29, 0.717) is 6.42 Å². The Labute approximate surface area is 56.1 Å². The van der Waals surface area contributed by atoms with E-state index < -0.39 is 0 Å². The van der Waals surface area contributed by atoms with Gasteiger partial charge in [-0.3, -0.25) is 0 Å². The number of hydrogen-bond acceptors (Lipinski definition) is 1. The van der Waals surface area contributed by atoms with Crippen molar-refractivity contribution in [3.8, 4) is 12.3 Å². The Balaban J connectivity index is 2.03. The standard InChI is InChI=1S/C8H12O/c1-2-3-8(9)6-7-4-5-7/h1,7-9H,3-6H2. The second kappa shape index (κ2) is 2.89. The van der Waals surface area contributed by atoms with Gasteiger partial charge >= 0.3 is 0 Å². The monoisotopic (exact) mass is 124 g/mol. The molecule has 0 aromatic carbocycles. The zero-order valence-electron chi connectivity index (χ0n) is 5.51. The quantitative estimate of drug-likeness (QED) is 0.560. The molecule has 0 radical (unpaired) electrons. The number of aliphatic hydroxyl groups is 1. The highest BCUT2D eigenvalue weighted by molar-refractivity contribution is 4.88. The van der Waals surface area contributed by atoms with Crippen LogP contribution in [0.3, 0.4) is 0 Å². The van der Waals surface area contributed by atoms with Crippen LogP contribution in [0.5, 0.6) is 0 Å². The second-order valence-corrected chi connectivity index (χ2v) is 2.74. The fourth-order valence-electron chi connectivity index (χ4n) is 0.958. The highest BCUT2D eigenvalue weighted by atomic mass is 16.3. The van der Waals surface area contributed by atoms with Gasteiger partial charge in [-0.25, -0.2) is 0 Å². The lowest BCUT2D eigenvalue weighted by Gasteiger charge is -2.02. The molecular weight excluding hydrogens is 112 g/mol. The first-order chi connectivity index (χ1) is 4.33. The van der Waals surface area contributed by atoms with Crippen molar-refractivity contribution in [3.05, 3.63) is 0 Å². The summed E-state index contributed by atoms with van der Waals surface area (Å²) in [5.74, 6) is 3.24. The lowest BCUT2D eigenvalue weighted by atomic mass is 10.1. The van der Waals surface area contributed by atoms with E-state index in [-0.39, 0.29) is 6.10 Å². The molecule has 1 saturated carbocycles. The summed E-state index contributed by atoms with van der Waals surface area (Å²) in [6, 6.07) is 0. The van der Waals surface area contributed by atoms with E-state index in [1.165, 1.54) is 12.8 Å². The molecule has 1 aliphatic carbocycles. The van der Waals surface area contributed by atoms with Crippen molar-refractivity contribution in [2.45, 2.75) is 31.8 Å². The fraction of sp³-hybridized carbons (Fsp3) is 0.750. The predicted octanol–water partition coefficient (Wildman–Crippen LogP) is 1.17. The molecule has 0 aromatic rings. The fourth-order valence-corrected chi connectivity index (χ4v) is 0.958. The molecule has 1 aliphatic rings. The van der Waals surface area contributed by atoms with Gasteiger partial charge in [0.05, 0.1) is 6.10 Å². The molecule has 9 heavy (non-hydrogen) atoms. The average molecular weight is 124 g/mol. The summed E-state index contributed by atoms with van der Waals surface area (Å²) >= 11 is 0. The van der Waals surface area contributed by atoms with Crippen LogP contribution in [0.1, 0.15) is 25.7 Å². The molecule has 1 N–H and O–H groups in total. The molecule has 0 spiro atoms. The average Bonchev–Trinajstić information content (AvgIpc) is 2.50. The SMILES string of the molecule is C#CCC(O)CC1CC1. The Hall–Kier alpha value is -0.480. The van der Waals surface area contributed by atoms with Crippen molar-refractivity contribution < 1.29 is 5.11 Å². The first-order valence-electron chi connectivity index (χ1n) is 3.44. The van der Waals surface area contributed by atoms with E-state index in [1.54, 1.807) is 0 Å². The number of aliphatic hydroxyl groups excluding tert-OH is 1. The Morgan fingerprint density at radius 1 is 1.67 bits per heavy atom. The van der Waals surface area contributed by atoms with Crippen LogP contribution in [0.2, 0.25) is 0 Å². The molecule has 1 nitrogen and oxygen atoms in total. The van der Waals surface area contributed by atoms with Crippen molar-refractivity contribution in [1.82, 2.24) is 0 Å². The molecule has 1 rings (SSSR count). The summed E-state index contributed by atoms with van der Waals surface area (Å²) in [7, 11) is 0. The number of rotatable bonds is 3. The largest absolute Gasteiger partial charge is 0.392 e. The molecule has 0 aromatic heterocycles. The summed E-state index contributed by atoms with van der Waals surface area (Å²) in [6.07, 6.45) is 8.81. The topological polar surface area (TPSA) is 20.2 Å². The molecule has 50 valence electrons. The first kappa shape index (κ1) is 6.64. The zero-order valence-corrected chi connectivity index (χ0v) is 5.51. The van der Waals surface area contributed by atoms with E-state index in [9.17, 15) is 0 Å². The van der Waals surface area contributed by atoms with E-state index in [0.717, 1.165) is 12.3 Å². The maximum absolute atomic E-state index is 9.12. The summed E-state index contributed by atoms with van der Waals surface area (Å²) in [6.45, 7) is 0. The highest BCUT2D eigenvalue weighted by Crippen LogP contribution is 2.33. The molecule has 0 amide bonds. The van der Waals surface area contributed by atoms with Gasteiger partial charge in [0.15, 0.2) is 0 Å². The van der Waals surface area contributed by atoms with E-state index in [1.807, 2.05) is 0 Å². The third-order valence-electron chi connectivity index (χ3n) is 1.66. The van der Waals surface area contributed by atoms with Crippen LogP contribution in [0.25, 0.3) is 0 Å². The van der Waals surface area contributed by atoms with Crippen molar-refractivity contribution >= 4 is 0 Å². The smallest absolute Gasteiger partial charge is 0.0651 e. The van der Waals surface area contributed by atoms with Gasteiger partial charge in [0, 0.05) is 6.42 Å². The van der Waals surface area contributed by atoms with E-state index in [2.05, 4.69) is 5.92 Å². The minimum Gasteiger partial charge on any atom is -0.392 e. The van der Waals surface area contributed by atoms with Gasteiger partial charge < -0.3 is 5.11 Å². The van der Waals surface area contributed by atoms with Gasteiger partial charge in [-0.1, -0.05) is 12.8 Å². The van der Waals surface area contributed by atoms with Crippen molar-refractivity contribution in [3.63, 3.8) is 0 Å². The van der Waals surface area contributed by atoms with Gasteiger partial charge in [-0.15, -0.1) is 12.3 Å². The van der Waals surface area contributed by atoms with Gasteiger partial charge in [-0.05, 0) is 12.3 Å². The zero-order chi connectivity index (χ0) is 6.69. The van der Waals surface area contributed by atoms with Crippen LogP contribution in [0.4, 0.5) is 0 Å². The third-order valence-corrected chi connectivity index (χ3v) is 1.66. The van der Waals surface area contributed by atoms with Crippen LogP contribution in [0.15, 0.2) is 0 Å². The molecule has 1 unspecified atom stereocenters. The van der Waals surface area contributed by atoms with Crippen LogP contribution < -0.4 is 0 Å².